The first kappa shape index (κ1) is 20.8. The Morgan fingerprint density at radius 2 is 1.33 bits per heavy atom. The van der Waals surface area contributed by atoms with E-state index >= 15 is 0 Å². The highest BCUT2D eigenvalue weighted by Gasteiger charge is 2.10. The minimum absolute atomic E-state index is 0.560. The molecule has 0 heterocycles. The van der Waals surface area contributed by atoms with Crippen molar-refractivity contribution in [1.82, 2.24) is 5.32 Å². The van der Waals surface area contributed by atoms with Crippen molar-refractivity contribution in [3.8, 4) is 0 Å². The SMILES string of the molecule is CCCCOCCOCCOCCC(C)C(C)NCCC. The van der Waals surface area contributed by atoms with Crippen LogP contribution in [0.4, 0.5) is 0 Å². The molecule has 0 aromatic rings. The number of hydrogen-bond acceptors (Lipinski definition) is 4. The van der Waals surface area contributed by atoms with E-state index in [2.05, 4.69) is 33.0 Å². The Labute approximate surface area is 131 Å². The van der Waals surface area contributed by atoms with Gasteiger partial charge < -0.3 is 19.5 Å². The van der Waals surface area contributed by atoms with Crippen molar-refractivity contribution in [2.45, 2.75) is 59.4 Å². The predicted molar refractivity (Wildman–Crippen MR) is 88.9 cm³/mol. The summed E-state index contributed by atoms with van der Waals surface area (Å²) >= 11 is 0. The van der Waals surface area contributed by atoms with Crippen molar-refractivity contribution in [1.29, 1.82) is 0 Å². The van der Waals surface area contributed by atoms with Crippen LogP contribution in [-0.4, -0.2) is 52.2 Å². The zero-order valence-electron chi connectivity index (χ0n) is 14.7. The van der Waals surface area contributed by atoms with Gasteiger partial charge in [0.15, 0.2) is 0 Å². The molecule has 0 saturated heterocycles. The molecule has 21 heavy (non-hydrogen) atoms. The Hall–Kier alpha value is -0.160. The van der Waals surface area contributed by atoms with Crippen molar-refractivity contribution in [3.63, 3.8) is 0 Å². The van der Waals surface area contributed by atoms with Crippen LogP contribution in [0.3, 0.4) is 0 Å². The second-order valence-corrected chi connectivity index (χ2v) is 5.70. The minimum Gasteiger partial charge on any atom is -0.379 e. The number of nitrogens with one attached hydrogen (secondary N) is 1. The number of ether oxygens (including phenoxy) is 3. The lowest BCUT2D eigenvalue weighted by Gasteiger charge is -2.21. The highest BCUT2D eigenvalue weighted by Crippen LogP contribution is 2.07. The molecule has 0 aliphatic rings. The van der Waals surface area contributed by atoms with Gasteiger partial charge in [-0.25, -0.2) is 0 Å². The highest BCUT2D eigenvalue weighted by atomic mass is 16.5. The van der Waals surface area contributed by atoms with E-state index in [-0.39, 0.29) is 0 Å². The molecule has 4 nitrogen and oxygen atoms in total. The first-order valence-corrected chi connectivity index (χ1v) is 8.68. The van der Waals surface area contributed by atoms with E-state index in [4.69, 9.17) is 14.2 Å². The lowest BCUT2D eigenvalue weighted by molar-refractivity contribution is 0.0116. The maximum absolute atomic E-state index is 5.61. The van der Waals surface area contributed by atoms with Crippen LogP contribution in [0, 0.1) is 5.92 Å². The van der Waals surface area contributed by atoms with Crippen molar-refractivity contribution in [2.24, 2.45) is 5.92 Å². The molecule has 0 fully saturated rings. The van der Waals surface area contributed by atoms with Crippen molar-refractivity contribution < 1.29 is 14.2 Å². The standard InChI is InChI=1S/C17H37NO3/c1-5-7-10-19-12-14-21-15-13-20-11-8-16(3)17(4)18-9-6-2/h16-18H,5-15H2,1-4H3. The number of unbranched alkanes of at least 4 members (excludes halogenated alkanes) is 1. The molecule has 0 aromatic carbocycles. The quantitative estimate of drug-likeness (QED) is 0.444. The average molecular weight is 303 g/mol. The lowest BCUT2D eigenvalue weighted by Crippen LogP contribution is -2.33. The zero-order chi connectivity index (χ0) is 15.8. The minimum atomic E-state index is 0.560. The summed E-state index contributed by atoms with van der Waals surface area (Å²) in [6.07, 6.45) is 4.59. The van der Waals surface area contributed by atoms with Crippen LogP contribution in [0.15, 0.2) is 0 Å². The molecule has 0 spiro atoms. The molecule has 0 radical (unpaired) electrons. The third kappa shape index (κ3) is 14.5. The van der Waals surface area contributed by atoms with Gasteiger partial charge in [0.05, 0.1) is 26.4 Å². The Balaban J connectivity index is 3.21. The van der Waals surface area contributed by atoms with Crippen LogP contribution in [0.25, 0.3) is 0 Å². The number of hydrogen-bond donors (Lipinski definition) is 1. The van der Waals surface area contributed by atoms with Crippen molar-refractivity contribution in [3.05, 3.63) is 0 Å². The molecule has 0 rings (SSSR count). The highest BCUT2D eigenvalue weighted by molar-refractivity contribution is 4.67. The fourth-order valence-corrected chi connectivity index (χ4v) is 1.88. The second-order valence-electron chi connectivity index (χ2n) is 5.70. The first-order chi connectivity index (χ1) is 10.2. The van der Waals surface area contributed by atoms with Gasteiger partial charge in [-0.15, -0.1) is 0 Å². The van der Waals surface area contributed by atoms with Gasteiger partial charge >= 0.3 is 0 Å². The summed E-state index contributed by atoms with van der Waals surface area (Å²) in [5.74, 6) is 0.643. The van der Waals surface area contributed by atoms with Crippen LogP contribution in [0.5, 0.6) is 0 Å². The third-order valence-corrected chi connectivity index (χ3v) is 3.67. The van der Waals surface area contributed by atoms with Gasteiger partial charge in [-0.2, -0.15) is 0 Å². The molecule has 0 amide bonds. The molecule has 128 valence electrons. The third-order valence-electron chi connectivity index (χ3n) is 3.67. The van der Waals surface area contributed by atoms with Gasteiger partial charge in [-0.05, 0) is 38.6 Å². The maximum atomic E-state index is 5.61. The monoisotopic (exact) mass is 303 g/mol. The van der Waals surface area contributed by atoms with E-state index in [1.807, 2.05) is 0 Å². The normalized spacial score (nSPS) is 14.3. The molecule has 0 aliphatic heterocycles. The van der Waals surface area contributed by atoms with E-state index in [0.29, 0.717) is 38.4 Å². The molecule has 0 saturated carbocycles. The summed E-state index contributed by atoms with van der Waals surface area (Å²) in [6, 6.07) is 0.560. The fraction of sp³-hybridized carbons (Fsp3) is 1.00. The second kappa shape index (κ2) is 16.2. The van der Waals surface area contributed by atoms with Gasteiger partial charge in [0.2, 0.25) is 0 Å². The maximum Gasteiger partial charge on any atom is 0.0701 e. The van der Waals surface area contributed by atoms with Crippen LogP contribution in [-0.2, 0) is 14.2 Å². The molecule has 2 atom stereocenters. The fourth-order valence-electron chi connectivity index (χ4n) is 1.88. The Morgan fingerprint density at radius 3 is 1.90 bits per heavy atom. The van der Waals surface area contributed by atoms with E-state index in [1.165, 1.54) is 12.8 Å². The molecular formula is C17H37NO3. The summed E-state index contributed by atoms with van der Waals surface area (Å²) in [5.41, 5.74) is 0. The average Bonchev–Trinajstić information content (AvgIpc) is 2.49. The smallest absolute Gasteiger partial charge is 0.0701 e. The van der Waals surface area contributed by atoms with E-state index in [9.17, 15) is 0 Å². The van der Waals surface area contributed by atoms with Crippen LogP contribution >= 0.6 is 0 Å². The van der Waals surface area contributed by atoms with Crippen LogP contribution in [0.2, 0.25) is 0 Å². The molecule has 0 aromatic heterocycles. The predicted octanol–water partition coefficient (Wildman–Crippen LogP) is 3.25. The molecular weight excluding hydrogens is 266 g/mol. The molecule has 2 unspecified atom stereocenters. The van der Waals surface area contributed by atoms with Gasteiger partial charge in [0.1, 0.15) is 0 Å². The number of rotatable bonds is 16. The van der Waals surface area contributed by atoms with E-state index < -0.39 is 0 Å². The molecule has 4 heteroatoms. The Kier molecular flexibility index (Phi) is 16.1. The Morgan fingerprint density at radius 1 is 0.762 bits per heavy atom. The first-order valence-electron chi connectivity index (χ1n) is 8.68. The summed E-state index contributed by atoms with van der Waals surface area (Å²) in [7, 11) is 0. The lowest BCUT2D eigenvalue weighted by atomic mass is 10.0. The van der Waals surface area contributed by atoms with Gasteiger partial charge in [-0.3, -0.25) is 0 Å². The summed E-state index contributed by atoms with van der Waals surface area (Å²) in [4.78, 5) is 0. The zero-order valence-corrected chi connectivity index (χ0v) is 14.7. The summed E-state index contributed by atoms with van der Waals surface area (Å²) in [6.45, 7) is 14.4. The largest absolute Gasteiger partial charge is 0.379 e. The van der Waals surface area contributed by atoms with Crippen LogP contribution < -0.4 is 5.32 Å². The van der Waals surface area contributed by atoms with E-state index in [0.717, 1.165) is 32.6 Å². The summed E-state index contributed by atoms with van der Waals surface area (Å²) in [5, 5.41) is 3.53. The van der Waals surface area contributed by atoms with Crippen LogP contribution in [0.1, 0.15) is 53.4 Å². The molecule has 0 aliphatic carbocycles. The summed E-state index contributed by atoms with van der Waals surface area (Å²) < 4.78 is 16.5. The van der Waals surface area contributed by atoms with Crippen molar-refractivity contribution in [2.75, 3.05) is 46.2 Å². The van der Waals surface area contributed by atoms with E-state index in [1.54, 1.807) is 0 Å². The van der Waals surface area contributed by atoms with Gasteiger partial charge in [0, 0.05) is 19.3 Å². The topological polar surface area (TPSA) is 39.7 Å². The van der Waals surface area contributed by atoms with Crippen molar-refractivity contribution >= 4 is 0 Å². The molecule has 0 bridgehead atoms. The Bertz CT molecular complexity index is 202. The van der Waals surface area contributed by atoms with Gasteiger partial charge in [0.25, 0.3) is 0 Å². The van der Waals surface area contributed by atoms with Gasteiger partial charge in [-0.1, -0.05) is 27.2 Å². The molecule has 1 N–H and O–H groups in total.